The van der Waals surface area contributed by atoms with Crippen LogP contribution in [-0.4, -0.2) is 6.54 Å². The van der Waals surface area contributed by atoms with Gasteiger partial charge in [-0.15, -0.1) is 0 Å². The molecule has 1 heterocycles. The van der Waals surface area contributed by atoms with Crippen LogP contribution in [0.2, 0.25) is 0 Å². The van der Waals surface area contributed by atoms with Crippen LogP contribution in [-0.2, 0) is 6.42 Å². The molecule has 0 saturated carbocycles. The first-order valence-electron chi connectivity index (χ1n) is 4.97. The zero-order chi connectivity index (χ0) is 9.73. The summed E-state index contributed by atoms with van der Waals surface area (Å²) in [4.78, 5) is 0. The lowest BCUT2D eigenvalue weighted by atomic mass is 9.77. The molecule has 0 saturated heterocycles. The topological polar surface area (TPSA) is 39.2 Å². The zero-order valence-electron chi connectivity index (χ0n) is 8.55. The molecule has 0 aliphatic carbocycles. The summed E-state index contributed by atoms with van der Waals surface area (Å²) in [6.07, 6.45) is 6.83. The Morgan fingerprint density at radius 1 is 1.38 bits per heavy atom. The molecule has 1 aromatic heterocycles. The highest BCUT2D eigenvalue weighted by molar-refractivity contribution is 5.08. The van der Waals surface area contributed by atoms with Gasteiger partial charge < -0.3 is 10.2 Å². The fraction of sp³-hybridized carbons (Fsp3) is 0.636. The summed E-state index contributed by atoms with van der Waals surface area (Å²) in [5.74, 6) is 0. The van der Waals surface area contributed by atoms with Crippen LogP contribution in [0.4, 0.5) is 0 Å². The standard InChI is InChI=1S/C11H19NO/c1-3-11(4-2,9-12)7-10-5-6-13-8-10/h5-6,8H,3-4,7,9,12H2,1-2H3. The first-order chi connectivity index (χ1) is 6.26. The number of nitrogens with two attached hydrogens (primary N) is 1. The normalized spacial score (nSPS) is 11.9. The van der Waals surface area contributed by atoms with Gasteiger partial charge in [-0.1, -0.05) is 13.8 Å². The Bertz CT molecular complexity index is 216. The van der Waals surface area contributed by atoms with E-state index >= 15 is 0 Å². The molecule has 1 rings (SSSR count). The van der Waals surface area contributed by atoms with Gasteiger partial charge in [-0.25, -0.2) is 0 Å². The van der Waals surface area contributed by atoms with Gasteiger partial charge in [-0.3, -0.25) is 0 Å². The predicted molar refractivity (Wildman–Crippen MR) is 54.5 cm³/mol. The van der Waals surface area contributed by atoms with Crippen LogP contribution < -0.4 is 5.73 Å². The quantitative estimate of drug-likeness (QED) is 0.758. The van der Waals surface area contributed by atoms with Gasteiger partial charge >= 0.3 is 0 Å². The molecular weight excluding hydrogens is 162 g/mol. The summed E-state index contributed by atoms with van der Waals surface area (Å²) in [5, 5.41) is 0. The third-order valence-corrected chi connectivity index (χ3v) is 3.09. The van der Waals surface area contributed by atoms with Gasteiger partial charge in [0.1, 0.15) is 0 Å². The molecule has 0 unspecified atom stereocenters. The Labute approximate surface area is 80.1 Å². The third kappa shape index (κ3) is 2.34. The Kier molecular flexibility index (Phi) is 3.55. The molecule has 1 aromatic rings. The Morgan fingerprint density at radius 2 is 2.08 bits per heavy atom. The van der Waals surface area contributed by atoms with Crippen molar-refractivity contribution in [3.05, 3.63) is 24.2 Å². The molecule has 13 heavy (non-hydrogen) atoms. The Balaban J connectivity index is 2.67. The molecule has 0 aliphatic rings. The largest absolute Gasteiger partial charge is 0.472 e. The lowest BCUT2D eigenvalue weighted by Crippen LogP contribution is -2.31. The maximum atomic E-state index is 5.81. The molecular formula is C11H19NO. The average Bonchev–Trinajstić information content (AvgIpc) is 2.67. The molecule has 2 nitrogen and oxygen atoms in total. The van der Waals surface area contributed by atoms with E-state index in [1.54, 1.807) is 6.26 Å². The van der Waals surface area contributed by atoms with Gasteiger partial charge in [0.15, 0.2) is 0 Å². The van der Waals surface area contributed by atoms with Gasteiger partial charge in [-0.2, -0.15) is 0 Å². The minimum atomic E-state index is 0.268. The monoisotopic (exact) mass is 181 g/mol. The van der Waals surface area contributed by atoms with Crippen LogP contribution >= 0.6 is 0 Å². The number of furan rings is 1. The molecule has 74 valence electrons. The second-order valence-electron chi connectivity index (χ2n) is 3.72. The van der Waals surface area contributed by atoms with Crippen molar-refractivity contribution in [2.75, 3.05) is 6.54 Å². The minimum Gasteiger partial charge on any atom is -0.472 e. The molecule has 0 spiro atoms. The average molecular weight is 181 g/mol. The van der Waals surface area contributed by atoms with Crippen LogP contribution in [0.25, 0.3) is 0 Å². The van der Waals surface area contributed by atoms with Gasteiger partial charge in [0.25, 0.3) is 0 Å². The van der Waals surface area contributed by atoms with Gasteiger partial charge in [0.05, 0.1) is 12.5 Å². The van der Waals surface area contributed by atoms with Gasteiger partial charge in [0, 0.05) is 0 Å². The second-order valence-corrected chi connectivity index (χ2v) is 3.72. The smallest absolute Gasteiger partial charge is 0.0934 e. The zero-order valence-corrected chi connectivity index (χ0v) is 8.55. The minimum absolute atomic E-state index is 0.268. The van der Waals surface area contributed by atoms with E-state index in [0.717, 1.165) is 25.8 Å². The number of rotatable bonds is 5. The predicted octanol–water partition coefficient (Wildman–Crippen LogP) is 2.59. The first kappa shape index (κ1) is 10.3. The van der Waals surface area contributed by atoms with Crippen molar-refractivity contribution in [2.24, 2.45) is 11.1 Å². The van der Waals surface area contributed by atoms with Gasteiger partial charge in [0.2, 0.25) is 0 Å². The second kappa shape index (κ2) is 4.47. The van der Waals surface area contributed by atoms with Crippen molar-refractivity contribution >= 4 is 0 Å². The van der Waals surface area contributed by atoms with E-state index < -0.39 is 0 Å². The molecule has 0 aromatic carbocycles. The Hall–Kier alpha value is -0.760. The van der Waals surface area contributed by atoms with E-state index in [1.165, 1.54) is 5.56 Å². The van der Waals surface area contributed by atoms with E-state index in [-0.39, 0.29) is 5.41 Å². The first-order valence-corrected chi connectivity index (χ1v) is 4.97. The summed E-state index contributed by atoms with van der Waals surface area (Å²) < 4.78 is 5.05. The maximum Gasteiger partial charge on any atom is 0.0934 e. The fourth-order valence-corrected chi connectivity index (χ4v) is 1.69. The summed E-state index contributed by atoms with van der Waals surface area (Å²) in [7, 11) is 0. The van der Waals surface area contributed by atoms with Crippen LogP contribution in [0.1, 0.15) is 32.3 Å². The molecule has 2 N–H and O–H groups in total. The number of hydrogen-bond donors (Lipinski definition) is 1. The highest BCUT2D eigenvalue weighted by Crippen LogP contribution is 2.29. The summed E-state index contributed by atoms with van der Waals surface area (Å²) >= 11 is 0. The lowest BCUT2D eigenvalue weighted by molar-refractivity contribution is 0.270. The van der Waals surface area contributed by atoms with Crippen molar-refractivity contribution < 1.29 is 4.42 Å². The molecule has 0 atom stereocenters. The molecule has 0 bridgehead atoms. The maximum absolute atomic E-state index is 5.81. The third-order valence-electron chi connectivity index (χ3n) is 3.09. The van der Waals surface area contributed by atoms with E-state index in [0.29, 0.717) is 0 Å². The van der Waals surface area contributed by atoms with Crippen LogP contribution in [0.5, 0.6) is 0 Å². The van der Waals surface area contributed by atoms with Gasteiger partial charge in [-0.05, 0) is 42.9 Å². The fourth-order valence-electron chi connectivity index (χ4n) is 1.69. The molecule has 2 heteroatoms. The van der Waals surface area contributed by atoms with Crippen LogP contribution in [0.3, 0.4) is 0 Å². The summed E-state index contributed by atoms with van der Waals surface area (Å²) in [5.41, 5.74) is 7.34. The van der Waals surface area contributed by atoms with E-state index in [1.807, 2.05) is 12.3 Å². The number of hydrogen-bond acceptors (Lipinski definition) is 2. The van der Waals surface area contributed by atoms with E-state index in [2.05, 4.69) is 13.8 Å². The summed E-state index contributed by atoms with van der Waals surface area (Å²) in [6, 6.07) is 2.02. The van der Waals surface area contributed by atoms with E-state index in [4.69, 9.17) is 10.2 Å². The summed E-state index contributed by atoms with van der Waals surface area (Å²) in [6.45, 7) is 5.16. The van der Waals surface area contributed by atoms with Crippen molar-refractivity contribution in [3.8, 4) is 0 Å². The highest BCUT2D eigenvalue weighted by atomic mass is 16.3. The molecule has 0 fully saturated rings. The SMILES string of the molecule is CCC(CC)(CN)Cc1ccoc1. The molecule has 0 aliphatic heterocycles. The Morgan fingerprint density at radius 3 is 2.46 bits per heavy atom. The molecule has 0 radical (unpaired) electrons. The van der Waals surface area contributed by atoms with Crippen LogP contribution in [0.15, 0.2) is 23.0 Å². The van der Waals surface area contributed by atoms with E-state index in [9.17, 15) is 0 Å². The van der Waals surface area contributed by atoms with Crippen molar-refractivity contribution in [2.45, 2.75) is 33.1 Å². The molecule has 0 amide bonds. The lowest BCUT2D eigenvalue weighted by Gasteiger charge is -2.29. The highest BCUT2D eigenvalue weighted by Gasteiger charge is 2.24. The van der Waals surface area contributed by atoms with Crippen molar-refractivity contribution in [3.63, 3.8) is 0 Å². The van der Waals surface area contributed by atoms with Crippen molar-refractivity contribution in [1.82, 2.24) is 0 Å². The van der Waals surface area contributed by atoms with Crippen LogP contribution in [0, 0.1) is 5.41 Å². The van der Waals surface area contributed by atoms with Crippen molar-refractivity contribution in [1.29, 1.82) is 0 Å².